The lowest BCUT2D eigenvalue weighted by Gasteiger charge is -2.26. The summed E-state index contributed by atoms with van der Waals surface area (Å²) in [5, 5.41) is 4.33. The monoisotopic (exact) mass is 530 g/mol. The lowest BCUT2D eigenvalue weighted by molar-refractivity contribution is 0.0274. The van der Waals surface area contributed by atoms with E-state index in [4.69, 9.17) is 14.5 Å². The van der Waals surface area contributed by atoms with E-state index in [1.54, 1.807) is 6.21 Å². The van der Waals surface area contributed by atoms with E-state index in [2.05, 4.69) is 71.9 Å². The molecule has 1 fully saturated rings. The van der Waals surface area contributed by atoms with Crippen molar-refractivity contribution in [3.63, 3.8) is 0 Å². The van der Waals surface area contributed by atoms with E-state index < -0.39 is 0 Å². The Kier molecular flexibility index (Phi) is 21.7. The summed E-state index contributed by atoms with van der Waals surface area (Å²) in [4.78, 5) is 13.5. The maximum atomic E-state index is 5.93. The summed E-state index contributed by atoms with van der Waals surface area (Å²) >= 11 is 0. The number of morpholine rings is 1. The Hall–Kier alpha value is -2.71. The van der Waals surface area contributed by atoms with E-state index in [1.165, 1.54) is 11.1 Å². The van der Waals surface area contributed by atoms with Crippen LogP contribution in [0, 0.1) is 13.8 Å². The molecule has 38 heavy (non-hydrogen) atoms. The van der Waals surface area contributed by atoms with Gasteiger partial charge in [0.05, 0.1) is 25.4 Å². The van der Waals surface area contributed by atoms with Crippen molar-refractivity contribution >= 4 is 24.5 Å². The van der Waals surface area contributed by atoms with E-state index >= 15 is 0 Å². The Morgan fingerprint density at radius 1 is 1.08 bits per heavy atom. The van der Waals surface area contributed by atoms with Crippen molar-refractivity contribution < 1.29 is 9.47 Å². The highest BCUT2D eigenvalue weighted by Gasteiger charge is 2.12. The molecular weight excluding hydrogens is 476 g/mol. The topological polar surface area (TPSA) is 74.0 Å². The molecule has 0 aromatic heterocycles. The second-order valence-electron chi connectivity index (χ2n) is 8.35. The Morgan fingerprint density at radius 3 is 2.32 bits per heavy atom. The summed E-state index contributed by atoms with van der Waals surface area (Å²) < 4.78 is 11.3. The normalized spacial score (nSPS) is 14.2. The van der Waals surface area contributed by atoms with Crippen LogP contribution in [-0.4, -0.2) is 87.7 Å². The van der Waals surface area contributed by atoms with Crippen molar-refractivity contribution in [3.8, 4) is 0 Å². The average molecular weight is 531 g/mol. The van der Waals surface area contributed by atoms with Crippen LogP contribution in [0.25, 0.3) is 0 Å². The molecular formula is C30H54N6O2. The molecule has 1 aromatic carbocycles. The Morgan fingerprint density at radius 2 is 1.74 bits per heavy atom. The van der Waals surface area contributed by atoms with Crippen molar-refractivity contribution in [2.24, 2.45) is 15.1 Å². The minimum Gasteiger partial charge on any atom is -0.476 e. The fourth-order valence-corrected chi connectivity index (χ4v) is 3.57. The SMILES string of the molecule is C=N/C(=C\C(=NC/C=N/Nc1ccc(C)c(C)c1)N(CCC)CCC)OCCN1CCOCC1.CC.CC. The van der Waals surface area contributed by atoms with Crippen molar-refractivity contribution in [2.45, 2.75) is 68.2 Å². The van der Waals surface area contributed by atoms with Gasteiger partial charge in [0.25, 0.3) is 0 Å². The first kappa shape index (κ1) is 35.3. The van der Waals surface area contributed by atoms with Crippen LogP contribution in [0.15, 0.2) is 45.2 Å². The molecule has 0 amide bonds. The molecule has 0 unspecified atom stereocenters. The summed E-state index contributed by atoms with van der Waals surface area (Å²) in [5.74, 6) is 1.34. The van der Waals surface area contributed by atoms with Gasteiger partial charge < -0.3 is 14.4 Å². The molecule has 1 aliphatic rings. The predicted octanol–water partition coefficient (Wildman–Crippen LogP) is 6.16. The molecule has 0 spiro atoms. The molecule has 216 valence electrons. The number of hydrogen-bond donors (Lipinski definition) is 1. The van der Waals surface area contributed by atoms with Crippen LogP contribution in [0.5, 0.6) is 0 Å². The minimum absolute atomic E-state index is 0.450. The summed E-state index contributed by atoms with van der Waals surface area (Å²) in [7, 11) is 0. The molecule has 0 atom stereocenters. The molecule has 0 radical (unpaired) electrons. The van der Waals surface area contributed by atoms with Crippen LogP contribution in [0.3, 0.4) is 0 Å². The minimum atomic E-state index is 0.450. The van der Waals surface area contributed by atoms with Crippen LogP contribution < -0.4 is 5.43 Å². The van der Waals surface area contributed by atoms with Gasteiger partial charge in [-0.1, -0.05) is 47.6 Å². The van der Waals surface area contributed by atoms with Crippen LogP contribution in [0.2, 0.25) is 0 Å². The summed E-state index contributed by atoms with van der Waals surface area (Å²) in [6.45, 7) is 27.4. The fourth-order valence-electron chi connectivity index (χ4n) is 3.57. The number of aliphatic imine (C=N–C) groups is 2. The number of rotatable bonds is 14. The van der Waals surface area contributed by atoms with Gasteiger partial charge in [-0.25, -0.2) is 4.99 Å². The Balaban J connectivity index is 0.00000326. The maximum Gasteiger partial charge on any atom is 0.216 e. The van der Waals surface area contributed by atoms with Gasteiger partial charge in [0.15, 0.2) is 0 Å². The van der Waals surface area contributed by atoms with Gasteiger partial charge in [0.2, 0.25) is 5.88 Å². The van der Waals surface area contributed by atoms with E-state index in [0.29, 0.717) is 19.0 Å². The van der Waals surface area contributed by atoms with Gasteiger partial charge >= 0.3 is 0 Å². The quantitative estimate of drug-likeness (QED) is 0.135. The van der Waals surface area contributed by atoms with Gasteiger partial charge in [-0.2, -0.15) is 5.10 Å². The standard InChI is InChI=1S/C26H42N6O2.2C2H6/c1-6-12-32(13-7-2)25(21-26(27-5)34-19-16-31-14-17-33-18-15-31)28-10-11-29-30-24-9-8-22(3)23(4)20-24;2*1-2/h8-9,11,20-21,30H,5-7,10,12-19H2,1-4H3;2*1-2H3/b26-21+,28-25?,29-11+;;. The molecule has 1 aliphatic heterocycles. The first-order valence-corrected chi connectivity index (χ1v) is 14.3. The van der Waals surface area contributed by atoms with E-state index in [0.717, 1.165) is 70.3 Å². The number of nitrogens with zero attached hydrogens (tertiary/aromatic N) is 5. The van der Waals surface area contributed by atoms with Crippen LogP contribution in [-0.2, 0) is 9.47 Å². The molecule has 0 bridgehead atoms. The molecule has 1 N–H and O–H groups in total. The third kappa shape index (κ3) is 14.9. The first-order valence-electron chi connectivity index (χ1n) is 14.3. The van der Waals surface area contributed by atoms with Crippen LogP contribution >= 0.6 is 0 Å². The zero-order valence-corrected chi connectivity index (χ0v) is 25.4. The zero-order valence-electron chi connectivity index (χ0n) is 25.4. The molecule has 1 saturated heterocycles. The van der Waals surface area contributed by atoms with Crippen molar-refractivity contribution in [2.75, 3.05) is 64.5 Å². The Bertz CT molecular complexity index is 826. The number of benzene rings is 1. The first-order chi connectivity index (χ1) is 18.6. The number of nitrogens with one attached hydrogen (secondary N) is 1. The van der Waals surface area contributed by atoms with Crippen LogP contribution in [0.1, 0.15) is 65.5 Å². The summed E-state index contributed by atoms with van der Waals surface area (Å²) in [6, 6.07) is 6.20. The number of hydrazone groups is 1. The second kappa shape index (κ2) is 23.4. The Labute approximate surface area is 232 Å². The average Bonchev–Trinajstić information content (AvgIpc) is 2.96. The van der Waals surface area contributed by atoms with Crippen molar-refractivity contribution in [1.82, 2.24) is 9.80 Å². The van der Waals surface area contributed by atoms with Gasteiger partial charge in [-0.3, -0.25) is 15.3 Å². The molecule has 8 heteroatoms. The highest BCUT2D eigenvalue weighted by Crippen LogP contribution is 2.13. The third-order valence-corrected chi connectivity index (χ3v) is 5.61. The number of anilines is 1. The summed E-state index contributed by atoms with van der Waals surface area (Å²) in [6.07, 6.45) is 5.73. The fraction of sp³-hybridized carbons (Fsp3) is 0.633. The molecule has 1 aromatic rings. The lowest BCUT2D eigenvalue weighted by atomic mass is 10.1. The summed E-state index contributed by atoms with van der Waals surface area (Å²) in [5.41, 5.74) is 6.55. The van der Waals surface area contributed by atoms with Crippen molar-refractivity contribution in [3.05, 3.63) is 41.3 Å². The molecule has 8 nitrogen and oxygen atoms in total. The number of ether oxygens (including phenoxy) is 2. The van der Waals surface area contributed by atoms with E-state index in [9.17, 15) is 0 Å². The molecule has 2 rings (SSSR count). The smallest absolute Gasteiger partial charge is 0.216 e. The highest BCUT2D eigenvalue weighted by atomic mass is 16.5. The lowest BCUT2D eigenvalue weighted by Crippen LogP contribution is -2.38. The number of hydrogen-bond acceptors (Lipinski definition) is 7. The second-order valence-corrected chi connectivity index (χ2v) is 8.35. The van der Waals surface area contributed by atoms with Gasteiger partial charge in [0, 0.05) is 45.0 Å². The van der Waals surface area contributed by atoms with Gasteiger partial charge in [0.1, 0.15) is 12.4 Å². The third-order valence-electron chi connectivity index (χ3n) is 5.61. The molecule has 0 aliphatic carbocycles. The number of amidine groups is 1. The maximum absolute atomic E-state index is 5.93. The molecule has 1 heterocycles. The number of aryl methyl sites for hydroxylation is 2. The van der Waals surface area contributed by atoms with Gasteiger partial charge in [-0.15, -0.1) is 0 Å². The van der Waals surface area contributed by atoms with E-state index in [-0.39, 0.29) is 0 Å². The van der Waals surface area contributed by atoms with Gasteiger partial charge in [-0.05, 0) is 56.7 Å². The van der Waals surface area contributed by atoms with Crippen LogP contribution in [0.4, 0.5) is 5.69 Å². The zero-order chi connectivity index (χ0) is 28.6. The highest BCUT2D eigenvalue weighted by molar-refractivity contribution is 5.94. The predicted molar refractivity (Wildman–Crippen MR) is 166 cm³/mol. The van der Waals surface area contributed by atoms with E-state index in [1.807, 2.05) is 39.8 Å². The van der Waals surface area contributed by atoms with Crippen molar-refractivity contribution in [1.29, 1.82) is 0 Å². The molecule has 0 saturated carbocycles. The largest absolute Gasteiger partial charge is 0.476 e.